The van der Waals surface area contributed by atoms with Gasteiger partial charge in [-0.05, 0) is 6.92 Å². The molecule has 0 aromatic heterocycles. The molecule has 5 heteroatoms. The minimum Gasteiger partial charge on any atom is -0.481 e. The summed E-state index contributed by atoms with van der Waals surface area (Å²) >= 11 is 4.72. The summed E-state index contributed by atoms with van der Waals surface area (Å²) in [4.78, 5) is 18.6. The summed E-state index contributed by atoms with van der Waals surface area (Å²) in [6.45, 7) is 3.13. The van der Waals surface area contributed by atoms with Crippen molar-refractivity contribution in [2.24, 2.45) is 0 Å². The highest BCUT2D eigenvalue weighted by molar-refractivity contribution is 6.61. The van der Waals surface area contributed by atoms with Crippen LogP contribution in [0.3, 0.4) is 0 Å². The maximum absolute atomic E-state index is 9.59. The van der Waals surface area contributed by atoms with Crippen molar-refractivity contribution < 1.29 is 19.4 Å². The Balaban J connectivity index is 0. The molecule has 0 heterocycles. The molecule has 0 aliphatic heterocycles. The lowest BCUT2D eigenvalue weighted by molar-refractivity contribution is -0.134. The molecule has 0 aliphatic rings. The van der Waals surface area contributed by atoms with E-state index in [1.807, 2.05) is 0 Å². The SMILES string of the molecule is CC(=O)O.CCOC(=O)Cl. The van der Waals surface area contributed by atoms with E-state index >= 15 is 0 Å². The number of aliphatic carboxylic acids is 1. The highest BCUT2D eigenvalue weighted by Gasteiger charge is 1.86. The number of rotatable bonds is 1. The lowest BCUT2D eigenvalue weighted by Gasteiger charge is -1.86. The minimum absolute atomic E-state index is 0.350. The van der Waals surface area contributed by atoms with Crippen LogP contribution in [0.1, 0.15) is 13.8 Å². The Morgan fingerprint density at radius 3 is 1.90 bits per heavy atom. The maximum atomic E-state index is 9.59. The molecule has 0 amide bonds. The molecule has 0 spiro atoms. The van der Waals surface area contributed by atoms with Crippen LogP contribution >= 0.6 is 11.6 Å². The molecule has 0 bridgehead atoms. The van der Waals surface area contributed by atoms with E-state index < -0.39 is 11.4 Å². The van der Waals surface area contributed by atoms with Gasteiger partial charge in [0.25, 0.3) is 5.97 Å². The van der Waals surface area contributed by atoms with Gasteiger partial charge in [-0.15, -0.1) is 0 Å². The average molecular weight is 169 g/mol. The van der Waals surface area contributed by atoms with E-state index in [1.165, 1.54) is 0 Å². The predicted molar refractivity (Wildman–Crippen MR) is 36.2 cm³/mol. The van der Waals surface area contributed by atoms with Gasteiger partial charge in [-0.25, -0.2) is 4.79 Å². The zero-order chi connectivity index (χ0) is 8.57. The number of carboxylic acids is 1. The zero-order valence-electron chi connectivity index (χ0n) is 5.76. The van der Waals surface area contributed by atoms with Gasteiger partial charge in [0.05, 0.1) is 6.61 Å². The van der Waals surface area contributed by atoms with Crippen molar-refractivity contribution >= 4 is 23.0 Å². The van der Waals surface area contributed by atoms with Crippen molar-refractivity contribution in [3.63, 3.8) is 0 Å². The number of ether oxygens (including phenoxy) is 1. The molecule has 0 rings (SSSR count). The molecule has 0 unspecified atom stereocenters. The molecule has 0 aromatic rings. The Hall–Kier alpha value is -0.770. The van der Waals surface area contributed by atoms with Crippen LogP contribution in [0.15, 0.2) is 0 Å². The molecule has 0 radical (unpaired) electrons. The molecule has 60 valence electrons. The third-order valence-electron chi connectivity index (χ3n) is 0.258. The summed E-state index contributed by atoms with van der Waals surface area (Å²) in [5, 5.41) is 7.42. The van der Waals surface area contributed by atoms with Crippen molar-refractivity contribution in [1.29, 1.82) is 0 Å². The van der Waals surface area contributed by atoms with Crippen LogP contribution in [0.25, 0.3) is 0 Å². The molecule has 0 atom stereocenters. The van der Waals surface area contributed by atoms with Crippen molar-refractivity contribution in [2.45, 2.75) is 13.8 Å². The number of halogens is 1. The first-order valence-electron chi connectivity index (χ1n) is 2.52. The smallest absolute Gasteiger partial charge is 0.403 e. The second-order valence-electron chi connectivity index (χ2n) is 1.19. The molecule has 0 saturated heterocycles. The number of carboxylic acid groups (broad SMARTS) is 1. The molecule has 4 nitrogen and oxygen atoms in total. The van der Waals surface area contributed by atoms with Crippen LogP contribution < -0.4 is 0 Å². The monoisotopic (exact) mass is 168 g/mol. The van der Waals surface area contributed by atoms with Gasteiger partial charge in [0.15, 0.2) is 0 Å². The predicted octanol–water partition coefficient (Wildman–Crippen LogP) is 1.47. The molecule has 0 aromatic carbocycles. The van der Waals surface area contributed by atoms with Gasteiger partial charge in [0, 0.05) is 18.5 Å². The van der Waals surface area contributed by atoms with Gasteiger partial charge >= 0.3 is 5.43 Å². The Morgan fingerprint density at radius 1 is 1.60 bits per heavy atom. The van der Waals surface area contributed by atoms with Crippen molar-refractivity contribution in [3.05, 3.63) is 0 Å². The van der Waals surface area contributed by atoms with E-state index in [4.69, 9.17) is 21.5 Å². The van der Waals surface area contributed by atoms with Crippen molar-refractivity contribution in [2.75, 3.05) is 6.61 Å². The fraction of sp³-hybridized carbons (Fsp3) is 0.600. The zero-order valence-corrected chi connectivity index (χ0v) is 6.51. The normalized spacial score (nSPS) is 7.10. The quantitative estimate of drug-likeness (QED) is 0.603. The fourth-order valence-electron chi connectivity index (χ4n) is 0.113. The molecule has 0 saturated carbocycles. The van der Waals surface area contributed by atoms with E-state index in [0.29, 0.717) is 6.61 Å². The molecular formula is C5H9ClO4. The van der Waals surface area contributed by atoms with E-state index in [1.54, 1.807) is 6.92 Å². The standard InChI is InChI=1S/C3H5ClO2.C2H4O2/c1-2-6-3(4)5;1-2(3)4/h2H2,1H3;1H3,(H,3,4). The molecular weight excluding hydrogens is 160 g/mol. The van der Waals surface area contributed by atoms with E-state index in [2.05, 4.69) is 4.74 Å². The first-order chi connectivity index (χ1) is 4.50. The number of carbonyl (C=O) groups excluding carboxylic acids is 1. The largest absolute Gasteiger partial charge is 0.481 e. The Bertz CT molecular complexity index is 108. The number of hydrogen-bond donors (Lipinski definition) is 1. The van der Waals surface area contributed by atoms with Crippen LogP contribution in [0.4, 0.5) is 4.79 Å². The van der Waals surface area contributed by atoms with Crippen LogP contribution in [-0.2, 0) is 9.53 Å². The summed E-state index contributed by atoms with van der Waals surface area (Å²) in [6.07, 6.45) is 0. The van der Waals surface area contributed by atoms with Crippen LogP contribution in [0.2, 0.25) is 0 Å². The second kappa shape index (κ2) is 8.23. The molecule has 10 heavy (non-hydrogen) atoms. The summed E-state index contributed by atoms with van der Waals surface area (Å²) in [5.74, 6) is -0.833. The van der Waals surface area contributed by atoms with Gasteiger partial charge in [0.1, 0.15) is 0 Å². The first-order valence-corrected chi connectivity index (χ1v) is 2.90. The van der Waals surface area contributed by atoms with E-state index in [9.17, 15) is 4.79 Å². The van der Waals surface area contributed by atoms with Crippen LogP contribution in [0, 0.1) is 0 Å². The number of carbonyl (C=O) groups is 2. The third-order valence-corrected chi connectivity index (χ3v) is 0.367. The Morgan fingerprint density at radius 2 is 1.90 bits per heavy atom. The van der Waals surface area contributed by atoms with E-state index in [-0.39, 0.29) is 0 Å². The second-order valence-corrected chi connectivity index (χ2v) is 1.50. The van der Waals surface area contributed by atoms with Gasteiger partial charge < -0.3 is 9.84 Å². The number of hydrogen-bond acceptors (Lipinski definition) is 3. The van der Waals surface area contributed by atoms with Crippen molar-refractivity contribution in [1.82, 2.24) is 0 Å². The fourth-order valence-corrected chi connectivity index (χ4v) is 0.223. The Labute approximate surface area is 63.7 Å². The highest BCUT2D eigenvalue weighted by atomic mass is 35.5. The highest BCUT2D eigenvalue weighted by Crippen LogP contribution is 1.82. The van der Waals surface area contributed by atoms with E-state index in [0.717, 1.165) is 6.92 Å². The van der Waals surface area contributed by atoms with Gasteiger partial charge in [-0.2, -0.15) is 0 Å². The first kappa shape index (κ1) is 12.0. The van der Waals surface area contributed by atoms with Crippen LogP contribution in [0.5, 0.6) is 0 Å². The maximum Gasteiger partial charge on any atom is 0.403 e. The van der Waals surface area contributed by atoms with Gasteiger partial charge in [-0.3, -0.25) is 4.79 Å². The summed E-state index contributed by atoms with van der Waals surface area (Å²) in [6, 6.07) is 0. The topological polar surface area (TPSA) is 63.6 Å². The van der Waals surface area contributed by atoms with Crippen molar-refractivity contribution in [3.8, 4) is 0 Å². The van der Waals surface area contributed by atoms with Crippen LogP contribution in [-0.4, -0.2) is 23.1 Å². The average Bonchev–Trinajstić information content (AvgIpc) is 1.62. The lowest BCUT2D eigenvalue weighted by Crippen LogP contribution is -1.89. The van der Waals surface area contributed by atoms with Gasteiger partial charge in [-0.1, -0.05) is 0 Å². The molecule has 0 aliphatic carbocycles. The van der Waals surface area contributed by atoms with Gasteiger partial charge in [0.2, 0.25) is 0 Å². The summed E-state index contributed by atoms with van der Waals surface area (Å²) in [5.41, 5.74) is -0.738. The minimum atomic E-state index is -0.833. The Kier molecular flexibility index (Phi) is 9.84. The molecule has 0 fully saturated rings. The summed E-state index contributed by atoms with van der Waals surface area (Å²) in [7, 11) is 0. The third kappa shape index (κ3) is 56.4. The molecule has 1 N–H and O–H groups in total. The summed E-state index contributed by atoms with van der Waals surface area (Å²) < 4.78 is 4.17. The lowest BCUT2D eigenvalue weighted by atomic mass is 10.9.